The second-order valence-electron chi connectivity index (χ2n) is 5.03. The van der Waals surface area contributed by atoms with Crippen molar-refractivity contribution in [2.75, 3.05) is 26.3 Å². The van der Waals surface area contributed by atoms with Gasteiger partial charge < -0.3 is 19.8 Å². The second kappa shape index (κ2) is 9.65. The third kappa shape index (κ3) is 7.42. The van der Waals surface area contributed by atoms with Crippen molar-refractivity contribution < 1.29 is 47.2 Å². The van der Waals surface area contributed by atoms with Crippen LogP contribution >= 0.6 is 0 Å². The van der Waals surface area contributed by atoms with Crippen LogP contribution in [0.5, 0.6) is 0 Å². The van der Waals surface area contributed by atoms with Crippen molar-refractivity contribution in [3.63, 3.8) is 0 Å². The molecule has 1 saturated heterocycles. The summed E-state index contributed by atoms with van der Waals surface area (Å²) >= 11 is 0. The molecule has 0 aliphatic carbocycles. The molecule has 1 aromatic heterocycles. The molecule has 12 heteroatoms. The minimum atomic E-state index is -5.08. The lowest BCUT2D eigenvalue weighted by Gasteiger charge is -2.26. The lowest BCUT2D eigenvalue weighted by Crippen LogP contribution is -2.42. The van der Waals surface area contributed by atoms with E-state index in [2.05, 4.69) is 5.10 Å². The van der Waals surface area contributed by atoms with Gasteiger partial charge in [0, 0.05) is 19.2 Å². The smallest absolute Gasteiger partial charge is 0.481 e. The Bertz CT molecular complexity index is 630. The van der Waals surface area contributed by atoms with Gasteiger partial charge in [-0.15, -0.1) is 0 Å². The van der Waals surface area contributed by atoms with Gasteiger partial charge >= 0.3 is 18.1 Å². The van der Waals surface area contributed by atoms with Crippen molar-refractivity contribution in [3.8, 4) is 0 Å². The number of aliphatic carboxylic acids is 2. The standard InChI is InChI=1S/C12H15N3O4.C2HF3O2/c16-11(17)2-4-15-3-1-10(9-13-15)12(18)14-5-7-19-8-6-14;3-2(4,5)1(6)7/h1,3,9H,2,4-8H2;(H,6,7)/p+1. The van der Waals surface area contributed by atoms with Crippen LogP contribution in [0.2, 0.25) is 0 Å². The average Bonchev–Trinajstić information content (AvgIpc) is 2.60. The zero-order valence-corrected chi connectivity index (χ0v) is 13.5. The maximum atomic E-state index is 12.1. The fourth-order valence-corrected chi connectivity index (χ4v) is 1.80. The van der Waals surface area contributed by atoms with E-state index < -0.39 is 18.1 Å². The number of alkyl halides is 3. The van der Waals surface area contributed by atoms with E-state index in [1.54, 1.807) is 17.2 Å². The summed E-state index contributed by atoms with van der Waals surface area (Å²) in [6, 6.07) is 1.66. The molecular formula is C14H17F3N3O6+. The molecule has 0 unspecified atom stereocenters. The molecule has 1 aromatic rings. The molecule has 2 N–H and O–H groups in total. The van der Waals surface area contributed by atoms with Crippen LogP contribution in [0.3, 0.4) is 0 Å². The minimum Gasteiger partial charge on any atom is -0.481 e. The number of amides is 1. The third-order valence-electron chi connectivity index (χ3n) is 3.11. The van der Waals surface area contributed by atoms with E-state index in [-0.39, 0.29) is 12.3 Å². The number of rotatable bonds is 4. The Morgan fingerprint density at radius 2 is 1.81 bits per heavy atom. The molecule has 1 aliphatic heterocycles. The molecule has 144 valence electrons. The molecule has 0 atom stereocenters. The molecule has 9 nitrogen and oxygen atoms in total. The van der Waals surface area contributed by atoms with Crippen molar-refractivity contribution >= 4 is 17.8 Å². The summed E-state index contributed by atoms with van der Waals surface area (Å²) in [5.74, 6) is -3.70. The monoisotopic (exact) mass is 380 g/mol. The molecular weight excluding hydrogens is 363 g/mol. The van der Waals surface area contributed by atoms with Crippen molar-refractivity contribution in [2.45, 2.75) is 19.1 Å². The Balaban J connectivity index is 0.000000412. The largest absolute Gasteiger partial charge is 0.490 e. The first-order chi connectivity index (χ1) is 12.1. The zero-order chi connectivity index (χ0) is 19.7. The summed E-state index contributed by atoms with van der Waals surface area (Å²) in [7, 11) is 0. The van der Waals surface area contributed by atoms with Crippen LogP contribution in [0.25, 0.3) is 0 Å². The number of halogens is 3. The van der Waals surface area contributed by atoms with Gasteiger partial charge in [-0.3, -0.25) is 9.59 Å². The highest BCUT2D eigenvalue weighted by atomic mass is 19.4. The number of carbonyl (C=O) groups excluding carboxylic acids is 1. The molecule has 0 aromatic carbocycles. The van der Waals surface area contributed by atoms with Crippen LogP contribution < -0.4 is 4.68 Å². The van der Waals surface area contributed by atoms with Gasteiger partial charge in [-0.2, -0.15) is 13.2 Å². The molecule has 0 radical (unpaired) electrons. The Labute approximate surface area is 145 Å². The van der Waals surface area contributed by atoms with E-state index in [0.717, 1.165) is 0 Å². The lowest BCUT2D eigenvalue weighted by atomic mass is 10.2. The van der Waals surface area contributed by atoms with Crippen molar-refractivity contribution in [1.82, 2.24) is 10.00 Å². The van der Waals surface area contributed by atoms with Gasteiger partial charge in [0.25, 0.3) is 5.91 Å². The number of ether oxygens (including phenoxy) is 1. The Hall–Kier alpha value is -2.76. The van der Waals surface area contributed by atoms with Crippen LogP contribution in [0.1, 0.15) is 16.8 Å². The SMILES string of the molecule is O=C(O)C(F)(F)F.O=C(O)CC[n+]1ccc(C(=O)N2CCOCC2)cn1. The summed E-state index contributed by atoms with van der Waals surface area (Å²) in [5, 5.41) is 19.7. The lowest BCUT2D eigenvalue weighted by molar-refractivity contribution is -0.753. The highest BCUT2D eigenvalue weighted by molar-refractivity contribution is 5.93. The zero-order valence-electron chi connectivity index (χ0n) is 13.5. The normalized spacial score (nSPS) is 14.2. The number of hydrogen-bond acceptors (Lipinski definition) is 5. The number of aromatic nitrogens is 2. The number of carboxylic acids is 2. The van der Waals surface area contributed by atoms with E-state index in [9.17, 15) is 22.8 Å². The van der Waals surface area contributed by atoms with Gasteiger partial charge in [0.2, 0.25) is 0 Å². The fourth-order valence-electron chi connectivity index (χ4n) is 1.80. The Morgan fingerprint density at radius 1 is 1.23 bits per heavy atom. The van der Waals surface area contributed by atoms with Crippen LogP contribution in [0.4, 0.5) is 13.2 Å². The number of aryl methyl sites for hydroxylation is 1. The van der Waals surface area contributed by atoms with Crippen LogP contribution in [0, 0.1) is 0 Å². The van der Waals surface area contributed by atoms with Gasteiger partial charge in [-0.25, -0.2) is 4.79 Å². The molecule has 2 heterocycles. The van der Waals surface area contributed by atoms with E-state index in [4.69, 9.17) is 19.7 Å². The highest BCUT2D eigenvalue weighted by Crippen LogP contribution is 2.13. The first-order valence-electron chi connectivity index (χ1n) is 7.36. The predicted molar refractivity (Wildman–Crippen MR) is 77.1 cm³/mol. The van der Waals surface area contributed by atoms with E-state index in [1.807, 2.05) is 0 Å². The number of morpholine rings is 1. The summed E-state index contributed by atoms with van der Waals surface area (Å²) in [6.45, 7) is 2.59. The highest BCUT2D eigenvalue weighted by Gasteiger charge is 2.38. The number of nitrogens with zero attached hydrogens (tertiary/aromatic N) is 3. The summed E-state index contributed by atoms with van der Waals surface area (Å²) in [4.78, 5) is 33.2. The van der Waals surface area contributed by atoms with Gasteiger partial charge in [0.05, 0.1) is 18.8 Å². The predicted octanol–water partition coefficient (Wildman–Crippen LogP) is -0.0505. The van der Waals surface area contributed by atoms with Crippen LogP contribution in [-0.4, -0.2) is 70.5 Å². The van der Waals surface area contributed by atoms with E-state index in [1.165, 1.54) is 10.9 Å². The van der Waals surface area contributed by atoms with Gasteiger partial charge in [-0.05, 0) is 5.10 Å². The van der Waals surface area contributed by atoms with Crippen molar-refractivity contribution in [2.24, 2.45) is 0 Å². The van der Waals surface area contributed by atoms with Crippen molar-refractivity contribution in [1.29, 1.82) is 0 Å². The maximum Gasteiger partial charge on any atom is 0.490 e. The average molecular weight is 380 g/mol. The molecule has 0 spiro atoms. The van der Waals surface area contributed by atoms with Gasteiger partial charge in [-0.1, -0.05) is 4.68 Å². The fraction of sp³-hybridized carbons (Fsp3) is 0.500. The van der Waals surface area contributed by atoms with Crippen molar-refractivity contribution in [3.05, 3.63) is 24.0 Å². The molecule has 2 rings (SSSR count). The number of carbonyl (C=O) groups is 3. The van der Waals surface area contributed by atoms with Crippen LogP contribution in [-0.2, 0) is 20.9 Å². The molecule has 0 bridgehead atoms. The Morgan fingerprint density at radius 3 is 2.23 bits per heavy atom. The summed E-state index contributed by atoms with van der Waals surface area (Å²) in [6.07, 6.45) is -1.98. The molecule has 0 saturated carbocycles. The summed E-state index contributed by atoms with van der Waals surface area (Å²) < 4.78 is 38.4. The Kier molecular flexibility index (Phi) is 7.90. The molecule has 1 amide bonds. The summed E-state index contributed by atoms with van der Waals surface area (Å²) in [5.41, 5.74) is 0.508. The van der Waals surface area contributed by atoms with E-state index in [0.29, 0.717) is 38.4 Å². The number of carboxylic acid groups (broad SMARTS) is 2. The van der Waals surface area contributed by atoms with Gasteiger partial charge in [0.1, 0.15) is 12.6 Å². The van der Waals surface area contributed by atoms with Gasteiger partial charge in [0.15, 0.2) is 12.7 Å². The minimum absolute atomic E-state index is 0.00836. The third-order valence-corrected chi connectivity index (χ3v) is 3.11. The first-order valence-corrected chi connectivity index (χ1v) is 7.36. The molecule has 26 heavy (non-hydrogen) atoms. The quantitative estimate of drug-likeness (QED) is 0.703. The van der Waals surface area contributed by atoms with Crippen LogP contribution in [0.15, 0.2) is 18.5 Å². The number of hydrogen-bond donors (Lipinski definition) is 2. The maximum absolute atomic E-state index is 12.1. The van der Waals surface area contributed by atoms with E-state index >= 15 is 0 Å². The second-order valence-corrected chi connectivity index (χ2v) is 5.03. The topological polar surface area (TPSA) is 121 Å². The molecule has 1 fully saturated rings. The first kappa shape index (κ1) is 21.3. The molecule has 1 aliphatic rings.